The number of H-pyrrole nitrogens is 1. The van der Waals surface area contributed by atoms with Crippen LogP contribution in [-0.2, 0) is 4.79 Å². The molecule has 25 heavy (non-hydrogen) atoms. The van der Waals surface area contributed by atoms with Gasteiger partial charge in [-0.1, -0.05) is 0 Å². The zero-order chi connectivity index (χ0) is 16.8. The largest absolute Gasteiger partial charge is 0.369 e. The minimum atomic E-state index is 0.0247. The van der Waals surface area contributed by atoms with Crippen LogP contribution in [0.15, 0.2) is 18.5 Å². The number of carbonyl (C=O) groups excluding carboxylic acids is 1. The normalized spacial score (nSPS) is 21.0. The highest BCUT2D eigenvalue weighted by Crippen LogP contribution is 2.32. The first-order chi connectivity index (χ1) is 12.3. The zero-order valence-electron chi connectivity index (χ0n) is 13.8. The topological polar surface area (TPSA) is 99.7 Å². The van der Waals surface area contributed by atoms with E-state index in [1.807, 2.05) is 12.3 Å². The smallest absolute Gasteiger partial charge is 0.225 e. The summed E-state index contributed by atoms with van der Waals surface area (Å²) in [5.41, 5.74) is 2.27. The van der Waals surface area contributed by atoms with Crippen LogP contribution in [0.25, 0.3) is 22.1 Å². The molecule has 0 bridgehead atoms. The number of hydrogen-bond acceptors (Lipinski definition) is 6. The third kappa shape index (κ3) is 2.57. The van der Waals surface area contributed by atoms with Gasteiger partial charge in [-0.05, 0) is 31.7 Å². The second-order valence-electron chi connectivity index (χ2n) is 6.93. The Morgan fingerprint density at radius 2 is 2.20 bits per heavy atom. The third-order valence-corrected chi connectivity index (χ3v) is 5.10. The predicted octanol–water partition coefficient (Wildman–Crippen LogP) is 1.40. The average molecular weight is 337 g/mol. The van der Waals surface area contributed by atoms with Crippen molar-refractivity contribution < 1.29 is 4.79 Å². The molecule has 5 rings (SSSR count). The molecule has 1 atom stereocenters. The molecule has 2 fully saturated rings. The van der Waals surface area contributed by atoms with Crippen molar-refractivity contribution >= 4 is 33.7 Å². The van der Waals surface area contributed by atoms with Crippen molar-refractivity contribution in [1.29, 1.82) is 0 Å². The number of rotatable bonds is 3. The Labute approximate surface area is 144 Å². The van der Waals surface area contributed by atoms with Crippen LogP contribution in [0.3, 0.4) is 0 Å². The van der Waals surface area contributed by atoms with Crippen molar-refractivity contribution in [2.24, 2.45) is 5.92 Å². The molecule has 4 heterocycles. The molecule has 3 aromatic rings. The molecule has 1 aliphatic heterocycles. The molecule has 1 saturated carbocycles. The van der Waals surface area contributed by atoms with Crippen molar-refractivity contribution in [2.75, 3.05) is 18.0 Å². The summed E-state index contributed by atoms with van der Waals surface area (Å²) >= 11 is 0. The Morgan fingerprint density at radius 3 is 3.08 bits per heavy atom. The SMILES string of the molecule is O=C(NC1CC1)C1CCCN(c2cn[nH]c3nnc4nccc4c23)C1. The number of aromatic nitrogens is 5. The quantitative estimate of drug-likeness (QED) is 0.749. The fraction of sp³-hybridized carbons (Fsp3) is 0.471. The summed E-state index contributed by atoms with van der Waals surface area (Å²) in [5.74, 6) is 0.212. The first-order valence-corrected chi connectivity index (χ1v) is 8.79. The Balaban J connectivity index is 1.51. The van der Waals surface area contributed by atoms with Crippen LogP contribution < -0.4 is 10.2 Å². The number of amides is 1. The summed E-state index contributed by atoms with van der Waals surface area (Å²) in [7, 11) is 0. The highest BCUT2D eigenvalue weighted by Gasteiger charge is 2.31. The van der Waals surface area contributed by atoms with Crippen molar-refractivity contribution in [2.45, 2.75) is 31.7 Å². The molecule has 1 amide bonds. The van der Waals surface area contributed by atoms with Gasteiger partial charge in [0, 0.05) is 30.7 Å². The van der Waals surface area contributed by atoms with Crippen molar-refractivity contribution in [3.8, 4) is 0 Å². The van der Waals surface area contributed by atoms with Crippen molar-refractivity contribution in [3.63, 3.8) is 0 Å². The molecule has 1 unspecified atom stereocenters. The van der Waals surface area contributed by atoms with Gasteiger partial charge in [0.25, 0.3) is 0 Å². The predicted molar refractivity (Wildman–Crippen MR) is 93.1 cm³/mol. The van der Waals surface area contributed by atoms with E-state index in [9.17, 15) is 4.79 Å². The van der Waals surface area contributed by atoms with Gasteiger partial charge in [-0.25, -0.2) is 4.98 Å². The standard InChI is InChI=1S/C17H19N7O/c25-17(20-11-3-4-11)10-2-1-7-24(9-10)13-8-19-21-16-14(13)12-5-6-18-15(12)22-23-16/h5-6,8,10-11H,1-4,7,9H2,(H,20,25)(H,21,23). The second kappa shape index (κ2) is 5.65. The Morgan fingerprint density at radius 1 is 1.28 bits per heavy atom. The molecule has 0 spiro atoms. The van der Waals surface area contributed by atoms with E-state index in [-0.39, 0.29) is 11.8 Å². The van der Waals surface area contributed by atoms with Gasteiger partial charge < -0.3 is 10.2 Å². The maximum atomic E-state index is 12.5. The van der Waals surface area contributed by atoms with Crippen LogP contribution in [-0.4, -0.2) is 50.4 Å². The number of nitrogens with one attached hydrogen (secondary N) is 2. The van der Waals surface area contributed by atoms with Gasteiger partial charge in [0.1, 0.15) is 0 Å². The number of piperidine rings is 1. The van der Waals surface area contributed by atoms with E-state index in [4.69, 9.17) is 0 Å². The molecular formula is C17H19N7O. The third-order valence-electron chi connectivity index (χ3n) is 5.10. The van der Waals surface area contributed by atoms with Crippen molar-refractivity contribution in [1.82, 2.24) is 30.7 Å². The van der Waals surface area contributed by atoms with E-state index >= 15 is 0 Å². The maximum Gasteiger partial charge on any atom is 0.225 e. The van der Waals surface area contributed by atoms with Gasteiger partial charge in [-0.2, -0.15) is 5.10 Å². The zero-order valence-corrected chi connectivity index (χ0v) is 13.8. The lowest BCUT2D eigenvalue weighted by atomic mass is 9.96. The van der Waals surface area contributed by atoms with E-state index in [0.29, 0.717) is 23.9 Å². The molecule has 8 nitrogen and oxygen atoms in total. The molecule has 1 aliphatic carbocycles. The highest BCUT2D eigenvalue weighted by molar-refractivity contribution is 6.08. The van der Waals surface area contributed by atoms with Crippen LogP contribution in [0.4, 0.5) is 5.69 Å². The minimum absolute atomic E-state index is 0.0247. The van der Waals surface area contributed by atoms with E-state index in [2.05, 4.69) is 35.6 Å². The molecular weight excluding hydrogens is 318 g/mol. The molecule has 0 radical (unpaired) electrons. The van der Waals surface area contributed by atoms with Gasteiger partial charge in [0.05, 0.1) is 23.2 Å². The lowest BCUT2D eigenvalue weighted by Gasteiger charge is -2.34. The Bertz CT molecular complexity index is 948. The summed E-state index contributed by atoms with van der Waals surface area (Å²) in [4.78, 5) is 19.0. The second-order valence-corrected chi connectivity index (χ2v) is 6.93. The average Bonchev–Trinajstić information content (AvgIpc) is 3.33. The van der Waals surface area contributed by atoms with Gasteiger partial charge in [-0.3, -0.25) is 9.89 Å². The number of anilines is 1. The van der Waals surface area contributed by atoms with Crippen molar-refractivity contribution in [3.05, 3.63) is 18.5 Å². The van der Waals surface area contributed by atoms with Gasteiger partial charge in [0.15, 0.2) is 11.3 Å². The van der Waals surface area contributed by atoms with Gasteiger partial charge in [0.2, 0.25) is 5.91 Å². The van der Waals surface area contributed by atoms with Gasteiger partial charge >= 0.3 is 0 Å². The molecule has 128 valence electrons. The van der Waals surface area contributed by atoms with Crippen LogP contribution in [0.2, 0.25) is 0 Å². The lowest BCUT2D eigenvalue weighted by Crippen LogP contribution is -2.43. The summed E-state index contributed by atoms with van der Waals surface area (Å²) in [6.07, 6.45) is 7.72. The fourth-order valence-corrected chi connectivity index (χ4v) is 3.63. The first-order valence-electron chi connectivity index (χ1n) is 8.79. The maximum absolute atomic E-state index is 12.5. The fourth-order valence-electron chi connectivity index (χ4n) is 3.63. The monoisotopic (exact) mass is 337 g/mol. The van der Waals surface area contributed by atoms with Gasteiger partial charge in [-0.15, -0.1) is 10.2 Å². The number of carbonyl (C=O) groups is 1. The number of nitrogens with zero attached hydrogens (tertiary/aromatic N) is 5. The van der Waals surface area contributed by atoms with E-state index in [1.54, 1.807) is 6.20 Å². The Hall–Kier alpha value is -2.77. The van der Waals surface area contributed by atoms with Crippen LogP contribution in [0, 0.1) is 5.92 Å². The molecule has 2 N–H and O–H groups in total. The summed E-state index contributed by atoms with van der Waals surface area (Å²) in [6, 6.07) is 2.35. The number of aromatic amines is 1. The number of fused-ring (bicyclic) bond motifs is 3. The summed E-state index contributed by atoms with van der Waals surface area (Å²) in [5, 5.41) is 20.5. The van der Waals surface area contributed by atoms with E-state index in [0.717, 1.165) is 48.7 Å². The molecule has 0 aromatic carbocycles. The Kier molecular flexibility index (Phi) is 3.29. The highest BCUT2D eigenvalue weighted by atomic mass is 16.2. The summed E-state index contributed by atoms with van der Waals surface area (Å²) in [6.45, 7) is 1.61. The number of hydrogen-bond donors (Lipinski definition) is 2. The first kappa shape index (κ1) is 14.6. The van der Waals surface area contributed by atoms with E-state index < -0.39 is 0 Å². The van der Waals surface area contributed by atoms with E-state index in [1.165, 1.54) is 0 Å². The molecule has 1 saturated heterocycles. The van der Waals surface area contributed by atoms with Crippen LogP contribution >= 0.6 is 0 Å². The van der Waals surface area contributed by atoms with Crippen LogP contribution in [0.5, 0.6) is 0 Å². The molecule has 2 aliphatic rings. The minimum Gasteiger partial charge on any atom is -0.369 e. The lowest BCUT2D eigenvalue weighted by molar-refractivity contribution is -0.125. The summed E-state index contributed by atoms with van der Waals surface area (Å²) < 4.78 is 0. The van der Waals surface area contributed by atoms with Crippen LogP contribution in [0.1, 0.15) is 25.7 Å². The molecule has 3 aromatic heterocycles. The molecule has 8 heteroatoms.